The predicted octanol–water partition coefficient (Wildman–Crippen LogP) is 2.58. The van der Waals surface area contributed by atoms with E-state index in [4.69, 9.17) is 5.11 Å². The monoisotopic (exact) mass is 289 g/mol. The summed E-state index contributed by atoms with van der Waals surface area (Å²) in [6.45, 7) is 2.90. The Kier molecular flexibility index (Phi) is 5.37. The van der Waals surface area contributed by atoms with Crippen molar-refractivity contribution in [3.63, 3.8) is 0 Å². The Bertz CT molecular complexity index is 486. The second-order valence-electron chi connectivity index (χ2n) is 5.89. The molecule has 0 aliphatic carbocycles. The summed E-state index contributed by atoms with van der Waals surface area (Å²) >= 11 is 0. The molecule has 1 aromatic rings. The number of hydrogen-bond acceptors (Lipinski definition) is 2. The zero-order valence-electron chi connectivity index (χ0n) is 12.5. The van der Waals surface area contributed by atoms with E-state index in [2.05, 4.69) is 12.1 Å². The molecule has 1 heterocycles. The van der Waals surface area contributed by atoms with Crippen LogP contribution in [0, 0.1) is 11.8 Å². The van der Waals surface area contributed by atoms with E-state index in [-0.39, 0.29) is 17.7 Å². The number of aliphatic carboxylic acids is 1. The maximum absolute atomic E-state index is 12.3. The Hall–Kier alpha value is -1.84. The fourth-order valence-corrected chi connectivity index (χ4v) is 2.85. The Morgan fingerprint density at radius 3 is 2.67 bits per heavy atom. The molecule has 1 fully saturated rings. The van der Waals surface area contributed by atoms with Gasteiger partial charge >= 0.3 is 5.97 Å². The maximum atomic E-state index is 12.3. The first-order valence-corrected chi connectivity index (χ1v) is 7.63. The van der Waals surface area contributed by atoms with Crippen LogP contribution in [0.25, 0.3) is 0 Å². The molecule has 21 heavy (non-hydrogen) atoms. The van der Waals surface area contributed by atoms with Crippen LogP contribution in [0.5, 0.6) is 0 Å². The highest BCUT2D eigenvalue weighted by Crippen LogP contribution is 2.20. The van der Waals surface area contributed by atoms with Gasteiger partial charge in [0.2, 0.25) is 5.91 Å². The zero-order valence-corrected chi connectivity index (χ0v) is 12.5. The molecular formula is C17H23NO3. The number of rotatable bonds is 6. The molecule has 0 saturated carbocycles. The zero-order chi connectivity index (χ0) is 15.2. The molecule has 1 aliphatic heterocycles. The first kappa shape index (κ1) is 15.5. The topological polar surface area (TPSA) is 57.6 Å². The van der Waals surface area contributed by atoms with Gasteiger partial charge in [-0.25, -0.2) is 0 Å². The summed E-state index contributed by atoms with van der Waals surface area (Å²) in [7, 11) is 0. The van der Waals surface area contributed by atoms with Crippen molar-refractivity contribution in [2.45, 2.75) is 32.6 Å². The van der Waals surface area contributed by atoms with E-state index in [1.165, 1.54) is 5.56 Å². The van der Waals surface area contributed by atoms with Crippen LogP contribution in [0.4, 0.5) is 0 Å². The lowest BCUT2D eigenvalue weighted by molar-refractivity contribution is -0.141. The minimum Gasteiger partial charge on any atom is -0.481 e. The third kappa shape index (κ3) is 4.31. The normalized spacial score (nSPS) is 19.5. The van der Waals surface area contributed by atoms with E-state index in [1.807, 2.05) is 25.1 Å². The van der Waals surface area contributed by atoms with E-state index >= 15 is 0 Å². The number of carbonyl (C=O) groups is 2. The Balaban J connectivity index is 1.74. The quantitative estimate of drug-likeness (QED) is 0.875. The Labute approximate surface area is 125 Å². The molecule has 1 aromatic carbocycles. The van der Waals surface area contributed by atoms with Gasteiger partial charge in [0.25, 0.3) is 0 Å². The van der Waals surface area contributed by atoms with Gasteiger partial charge in [-0.15, -0.1) is 0 Å². The van der Waals surface area contributed by atoms with Crippen molar-refractivity contribution in [2.24, 2.45) is 11.8 Å². The van der Waals surface area contributed by atoms with Gasteiger partial charge < -0.3 is 10.0 Å². The molecule has 4 heteroatoms. The lowest BCUT2D eigenvalue weighted by atomic mass is 10.00. The van der Waals surface area contributed by atoms with Gasteiger partial charge in [0.05, 0.1) is 5.92 Å². The van der Waals surface area contributed by atoms with Crippen molar-refractivity contribution in [2.75, 3.05) is 13.1 Å². The minimum absolute atomic E-state index is 0.0266. The third-order valence-corrected chi connectivity index (χ3v) is 4.22. The van der Waals surface area contributed by atoms with Crippen molar-refractivity contribution in [1.29, 1.82) is 0 Å². The molecular weight excluding hydrogens is 266 g/mol. The average Bonchev–Trinajstić information content (AvgIpc) is 2.97. The van der Waals surface area contributed by atoms with Crippen LogP contribution in [-0.2, 0) is 16.0 Å². The number of carboxylic acid groups (broad SMARTS) is 1. The van der Waals surface area contributed by atoms with Crippen molar-refractivity contribution in [3.8, 4) is 0 Å². The predicted molar refractivity (Wildman–Crippen MR) is 80.9 cm³/mol. The number of carbonyl (C=O) groups excluding carboxylic acids is 1. The lowest BCUT2D eigenvalue weighted by Gasteiger charge is -2.20. The van der Waals surface area contributed by atoms with Gasteiger partial charge in [-0.1, -0.05) is 37.3 Å². The number of nitrogens with zero attached hydrogens (tertiary/aromatic N) is 1. The average molecular weight is 289 g/mol. The van der Waals surface area contributed by atoms with Gasteiger partial charge in [0.15, 0.2) is 0 Å². The van der Waals surface area contributed by atoms with Gasteiger partial charge in [-0.2, -0.15) is 0 Å². The Morgan fingerprint density at radius 1 is 1.33 bits per heavy atom. The molecule has 1 amide bonds. The number of benzene rings is 1. The van der Waals surface area contributed by atoms with Crippen LogP contribution in [0.3, 0.4) is 0 Å². The molecule has 0 aromatic heterocycles. The molecule has 2 atom stereocenters. The number of hydrogen-bond donors (Lipinski definition) is 1. The van der Waals surface area contributed by atoms with E-state index in [1.54, 1.807) is 4.90 Å². The van der Waals surface area contributed by atoms with E-state index < -0.39 is 5.97 Å². The second kappa shape index (κ2) is 7.25. The van der Waals surface area contributed by atoms with Gasteiger partial charge in [0.1, 0.15) is 0 Å². The van der Waals surface area contributed by atoms with E-state index in [0.29, 0.717) is 19.5 Å². The summed E-state index contributed by atoms with van der Waals surface area (Å²) in [5, 5.41) is 8.98. The number of carboxylic acids is 1. The summed E-state index contributed by atoms with van der Waals surface area (Å²) in [6, 6.07) is 10.3. The van der Waals surface area contributed by atoms with Crippen LogP contribution < -0.4 is 0 Å². The standard InChI is InChI=1S/C17H23NO3/c1-13(6-5-9-14-7-3-2-4-8-14)16(19)18-11-10-15(12-18)17(20)21/h2-4,7-8,13,15H,5-6,9-12H2,1H3,(H,20,21). The van der Waals surface area contributed by atoms with E-state index in [0.717, 1.165) is 19.3 Å². The molecule has 114 valence electrons. The highest BCUT2D eigenvalue weighted by Gasteiger charge is 2.32. The van der Waals surface area contributed by atoms with Crippen LogP contribution in [0.2, 0.25) is 0 Å². The largest absolute Gasteiger partial charge is 0.481 e. The molecule has 2 rings (SSSR count). The third-order valence-electron chi connectivity index (χ3n) is 4.22. The number of likely N-dealkylation sites (tertiary alicyclic amines) is 1. The summed E-state index contributed by atoms with van der Waals surface area (Å²) < 4.78 is 0. The fourth-order valence-electron chi connectivity index (χ4n) is 2.85. The maximum Gasteiger partial charge on any atom is 0.308 e. The molecule has 0 bridgehead atoms. The molecule has 1 N–H and O–H groups in total. The van der Waals surface area contributed by atoms with Crippen LogP contribution in [0.15, 0.2) is 30.3 Å². The van der Waals surface area contributed by atoms with Crippen molar-refractivity contribution < 1.29 is 14.7 Å². The van der Waals surface area contributed by atoms with E-state index in [9.17, 15) is 9.59 Å². The van der Waals surface area contributed by atoms with Gasteiger partial charge in [-0.05, 0) is 31.2 Å². The molecule has 4 nitrogen and oxygen atoms in total. The molecule has 1 aliphatic rings. The van der Waals surface area contributed by atoms with Crippen LogP contribution >= 0.6 is 0 Å². The summed E-state index contributed by atoms with van der Waals surface area (Å²) in [5.74, 6) is -1.10. The first-order valence-electron chi connectivity index (χ1n) is 7.63. The fraction of sp³-hybridized carbons (Fsp3) is 0.529. The van der Waals surface area contributed by atoms with Crippen molar-refractivity contribution >= 4 is 11.9 Å². The molecule has 0 spiro atoms. The highest BCUT2D eigenvalue weighted by atomic mass is 16.4. The van der Waals surface area contributed by atoms with Crippen LogP contribution in [-0.4, -0.2) is 35.0 Å². The summed E-state index contributed by atoms with van der Waals surface area (Å²) in [6.07, 6.45) is 3.39. The summed E-state index contributed by atoms with van der Waals surface area (Å²) in [4.78, 5) is 24.9. The number of aryl methyl sites for hydroxylation is 1. The minimum atomic E-state index is -0.790. The summed E-state index contributed by atoms with van der Waals surface area (Å²) in [5.41, 5.74) is 1.30. The first-order chi connectivity index (χ1) is 10.1. The van der Waals surface area contributed by atoms with Crippen LogP contribution in [0.1, 0.15) is 31.7 Å². The van der Waals surface area contributed by atoms with Crippen molar-refractivity contribution in [3.05, 3.63) is 35.9 Å². The van der Waals surface area contributed by atoms with Gasteiger partial charge in [0, 0.05) is 19.0 Å². The second-order valence-corrected chi connectivity index (χ2v) is 5.89. The molecule has 2 unspecified atom stereocenters. The SMILES string of the molecule is CC(CCCc1ccccc1)C(=O)N1CCC(C(=O)O)C1. The van der Waals surface area contributed by atoms with Crippen molar-refractivity contribution in [1.82, 2.24) is 4.90 Å². The molecule has 0 radical (unpaired) electrons. The highest BCUT2D eigenvalue weighted by molar-refractivity contribution is 5.80. The smallest absolute Gasteiger partial charge is 0.308 e. The number of amides is 1. The molecule has 1 saturated heterocycles. The van der Waals surface area contributed by atoms with Gasteiger partial charge in [-0.3, -0.25) is 9.59 Å². The lowest BCUT2D eigenvalue weighted by Crippen LogP contribution is -2.34. The Morgan fingerprint density at radius 2 is 2.05 bits per heavy atom.